The van der Waals surface area contributed by atoms with Gasteiger partial charge >= 0.3 is 0 Å². The van der Waals surface area contributed by atoms with Crippen LogP contribution in [0, 0.1) is 9.49 Å². The summed E-state index contributed by atoms with van der Waals surface area (Å²) in [5.74, 6) is 0.256. The number of nitrogens with two attached hydrogens (primary N) is 1. The van der Waals surface area contributed by atoms with Gasteiger partial charge in [-0.05, 0) is 66.1 Å². The highest BCUT2D eigenvalue weighted by Crippen LogP contribution is 2.25. The van der Waals surface area contributed by atoms with Crippen molar-refractivity contribution < 1.29 is 8.42 Å². The Kier molecular flexibility index (Phi) is 5.22. The Balaban J connectivity index is 2.16. The first-order chi connectivity index (χ1) is 9.03. The Hall–Kier alpha value is -0.180. The summed E-state index contributed by atoms with van der Waals surface area (Å²) >= 11 is 2.12. The average molecular weight is 394 g/mol. The second-order valence-corrected chi connectivity index (χ2v) is 7.93. The van der Waals surface area contributed by atoms with Gasteiger partial charge in [-0.1, -0.05) is 18.9 Å². The molecular weight excluding hydrogens is 375 g/mol. The van der Waals surface area contributed by atoms with Gasteiger partial charge in [0.25, 0.3) is 0 Å². The lowest BCUT2D eigenvalue weighted by Gasteiger charge is -2.31. The number of benzene rings is 1. The maximum Gasteiger partial charge on any atom is 0.240 e. The third-order valence-electron chi connectivity index (χ3n) is 3.62. The van der Waals surface area contributed by atoms with Gasteiger partial charge in [0.1, 0.15) is 0 Å². The van der Waals surface area contributed by atoms with Crippen LogP contribution in [0.25, 0.3) is 0 Å². The molecule has 1 fully saturated rings. The second-order valence-electron chi connectivity index (χ2n) is 4.97. The number of nitrogens with one attached hydrogen (secondary N) is 1. The van der Waals surface area contributed by atoms with Crippen LogP contribution in [0.4, 0.5) is 0 Å². The van der Waals surface area contributed by atoms with Gasteiger partial charge in [-0.25, -0.2) is 13.1 Å². The van der Waals surface area contributed by atoms with Gasteiger partial charge in [0.2, 0.25) is 10.0 Å². The van der Waals surface area contributed by atoms with Crippen LogP contribution in [-0.4, -0.2) is 21.0 Å². The van der Waals surface area contributed by atoms with Crippen molar-refractivity contribution in [1.29, 1.82) is 0 Å². The van der Waals surface area contributed by atoms with Crippen LogP contribution in [0.3, 0.4) is 0 Å². The molecule has 0 heterocycles. The molecule has 6 heteroatoms. The standard InChI is InChI=1S/C13H19IN2O2S/c14-11-5-3-6-12(8-11)19(17,18)16-13-7-2-1-4-10(13)9-15/h3,5-6,8,10,13,16H,1-2,4,7,9,15H2. The minimum Gasteiger partial charge on any atom is -0.330 e. The van der Waals surface area contributed by atoms with E-state index >= 15 is 0 Å². The fraction of sp³-hybridized carbons (Fsp3) is 0.538. The van der Waals surface area contributed by atoms with Crippen LogP contribution in [0.15, 0.2) is 29.2 Å². The second kappa shape index (κ2) is 6.51. The number of hydrogen-bond donors (Lipinski definition) is 2. The van der Waals surface area contributed by atoms with E-state index in [9.17, 15) is 8.42 Å². The molecule has 0 spiro atoms. The first kappa shape index (κ1) is 15.2. The summed E-state index contributed by atoms with van der Waals surface area (Å²) in [6, 6.07) is 6.93. The SMILES string of the molecule is NCC1CCCCC1NS(=O)(=O)c1cccc(I)c1. The normalized spacial score (nSPS) is 24.3. The first-order valence-electron chi connectivity index (χ1n) is 6.51. The minimum atomic E-state index is -3.44. The number of hydrogen-bond acceptors (Lipinski definition) is 3. The van der Waals surface area contributed by atoms with Crippen molar-refractivity contribution in [3.05, 3.63) is 27.8 Å². The maximum absolute atomic E-state index is 12.4. The van der Waals surface area contributed by atoms with Crippen molar-refractivity contribution in [2.45, 2.75) is 36.6 Å². The molecule has 0 aliphatic heterocycles. The topological polar surface area (TPSA) is 72.2 Å². The molecule has 0 bridgehead atoms. The van der Waals surface area contributed by atoms with Crippen molar-refractivity contribution >= 4 is 32.6 Å². The third kappa shape index (κ3) is 3.90. The predicted octanol–water partition coefficient (Wildman–Crippen LogP) is 2.09. The lowest BCUT2D eigenvalue weighted by molar-refractivity contribution is 0.296. The molecule has 1 aromatic carbocycles. The molecule has 0 saturated heterocycles. The molecule has 1 aliphatic carbocycles. The fourth-order valence-electron chi connectivity index (χ4n) is 2.55. The molecule has 1 aromatic rings. The quantitative estimate of drug-likeness (QED) is 0.769. The van der Waals surface area contributed by atoms with E-state index in [1.54, 1.807) is 18.2 Å². The maximum atomic E-state index is 12.4. The van der Waals surface area contributed by atoms with E-state index in [0.29, 0.717) is 11.4 Å². The van der Waals surface area contributed by atoms with E-state index in [-0.39, 0.29) is 12.0 Å². The summed E-state index contributed by atoms with van der Waals surface area (Å²) in [4.78, 5) is 0.334. The summed E-state index contributed by atoms with van der Waals surface area (Å²) in [7, 11) is -3.44. The van der Waals surface area contributed by atoms with Crippen molar-refractivity contribution in [3.8, 4) is 0 Å². The van der Waals surface area contributed by atoms with Gasteiger partial charge in [0.05, 0.1) is 4.90 Å². The Morgan fingerprint density at radius 1 is 1.32 bits per heavy atom. The van der Waals surface area contributed by atoms with Crippen LogP contribution in [-0.2, 0) is 10.0 Å². The van der Waals surface area contributed by atoms with Crippen molar-refractivity contribution in [3.63, 3.8) is 0 Å². The van der Waals surface area contributed by atoms with Crippen LogP contribution < -0.4 is 10.5 Å². The molecule has 1 aliphatic rings. The van der Waals surface area contributed by atoms with E-state index < -0.39 is 10.0 Å². The van der Waals surface area contributed by atoms with Gasteiger partial charge in [0.15, 0.2) is 0 Å². The van der Waals surface area contributed by atoms with Gasteiger partial charge in [-0.15, -0.1) is 0 Å². The van der Waals surface area contributed by atoms with Gasteiger partial charge in [-0.2, -0.15) is 0 Å². The van der Waals surface area contributed by atoms with Crippen LogP contribution in [0.1, 0.15) is 25.7 Å². The highest BCUT2D eigenvalue weighted by atomic mass is 127. The van der Waals surface area contributed by atoms with E-state index in [4.69, 9.17) is 5.73 Å². The predicted molar refractivity (Wildman–Crippen MR) is 84.3 cm³/mol. The lowest BCUT2D eigenvalue weighted by atomic mass is 9.85. The van der Waals surface area contributed by atoms with Gasteiger partial charge in [0, 0.05) is 9.61 Å². The molecule has 2 atom stereocenters. The average Bonchev–Trinajstić information content (AvgIpc) is 2.39. The van der Waals surface area contributed by atoms with Gasteiger partial charge < -0.3 is 5.73 Å². The Bertz CT molecular complexity index is 533. The fourth-order valence-corrected chi connectivity index (χ4v) is 4.69. The summed E-state index contributed by atoms with van der Waals surface area (Å²) in [5.41, 5.74) is 5.74. The first-order valence-corrected chi connectivity index (χ1v) is 9.07. The summed E-state index contributed by atoms with van der Waals surface area (Å²) < 4.78 is 28.5. The minimum absolute atomic E-state index is 0.0263. The van der Waals surface area contributed by atoms with Crippen molar-refractivity contribution in [2.24, 2.45) is 11.7 Å². The molecule has 0 amide bonds. The Labute approximate surface area is 128 Å². The Morgan fingerprint density at radius 2 is 2.05 bits per heavy atom. The van der Waals surface area contributed by atoms with Gasteiger partial charge in [-0.3, -0.25) is 0 Å². The molecule has 19 heavy (non-hydrogen) atoms. The zero-order valence-electron chi connectivity index (χ0n) is 10.7. The molecule has 2 rings (SSSR count). The largest absolute Gasteiger partial charge is 0.330 e. The summed E-state index contributed by atoms with van der Waals surface area (Å²) in [6.45, 7) is 0.541. The molecular formula is C13H19IN2O2S. The molecule has 106 valence electrons. The highest BCUT2D eigenvalue weighted by molar-refractivity contribution is 14.1. The van der Waals surface area contributed by atoms with E-state index in [1.807, 2.05) is 6.07 Å². The molecule has 0 aromatic heterocycles. The Morgan fingerprint density at radius 3 is 2.74 bits per heavy atom. The zero-order valence-corrected chi connectivity index (χ0v) is 13.7. The molecule has 3 N–H and O–H groups in total. The molecule has 2 unspecified atom stereocenters. The van der Waals surface area contributed by atoms with E-state index in [2.05, 4.69) is 27.3 Å². The van der Waals surface area contributed by atoms with Crippen LogP contribution >= 0.6 is 22.6 Å². The summed E-state index contributed by atoms with van der Waals surface area (Å²) in [5, 5.41) is 0. The summed E-state index contributed by atoms with van der Waals surface area (Å²) in [6.07, 6.45) is 4.10. The zero-order chi connectivity index (χ0) is 13.9. The smallest absolute Gasteiger partial charge is 0.240 e. The monoisotopic (exact) mass is 394 g/mol. The number of halogens is 1. The van der Waals surface area contributed by atoms with Crippen molar-refractivity contribution in [2.75, 3.05) is 6.54 Å². The van der Waals surface area contributed by atoms with E-state index in [0.717, 1.165) is 29.3 Å². The van der Waals surface area contributed by atoms with Crippen molar-refractivity contribution in [1.82, 2.24) is 4.72 Å². The molecule has 4 nitrogen and oxygen atoms in total. The highest BCUT2D eigenvalue weighted by Gasteiger charge is 2.28. The van der Waals surface area contributed by atoms with Crippen LogP contribution in [0.5, 0.6) is 0 Å². The number of sulfonamides is 1. The van der Waals surface area contributed by atoms with Crippen LogP contribution in [0.2, 0.25) is 0 Å². The molecule has 1 saturated carbocycles. The molecule has 0 radical (unpaired) electrons. The third-order valence-corrected chi connectivity index (χ3v) is 5.78. The number of rotatable bonds is 4. The lowest BCUT2D eigenvalue weighted by Crippen LogP contribution is -2.44. The van der Waals surface area contributed by atoms with E-state index in [1.165, 1.54) is 0 Å².